The van der Waals surface area contributed by atoms with Crippen molar-refractivity contribution in [3.05, 3.63) is 29.6 Å². The second-order valence-electron chi connectivity index (χ2n) is 5.73. The summed E-state index contributed by atoms with van der Waals surface area (Å²) < 4.78 is 2.29. The molecule has 2 N–H and O–H groups in total. The second kappa shape index (κ2) is 5.33. The zero-order valence-corrected chi connectivity index (χ0v) is 11.7. The van der Waals surface area contributed by atoms with Crippen molar-refractivity contribution in [2.45, 2.75) is 44.4 Å². The molecule has 3 heteroatoms. The summed E-state index contributed by atoms with van der Waals surface area (Å²) in [6.45, 7) is 0.702. The van der Waals surface area contributed by atoms with Gasteiger partial charge in [0.2, 0.25) is 0 Å². The van der Waals surface area contributed by atoms with Crippen LogP contribution in [0.2, 0.25) is 0 Å². The van der Waals surface area contributed by atoms with E-state index in [0.29, 0.717) is 12.5 Å². The Morgan fingerprint density at radius 1 is 1.26 bits per heavy atom. The van der Waals surface area contributed by atoms with Crippen LogP contribution in [0.3, 0.4) is 0 Å². The topological polar surface area (TPSA) is 43.8 Å². The number of nitrogens with two attached hydrogens (primary N) is 1. The van der Waals surface area contributed by atoms with Crippen LogP contribution in [-0.2, 0) is 13.5 Å². The Kier molecular flexibility index (Phi) is 3.56. The molecule has 3 nitrogen and oxygen atoms in total. The highest BCUT2D eigenvalue weighted by Gasteiger charge is 2.21. The molecule has 0 radical (unpaired) electrons. The maximum absolute atomic E-state index is 5.63. The van der Waals surface area contributed by atoms with Gasteiger partial charge in [-0.15, -0.1) is 0 Å². The van der Waals surface area contributed by atoms with Crippen molar-refractivity contribution in [1.82, 2.24) is 9.55 Å². The summed E-state index contributed by atoms with van der Waals surface area (Å²) in [6.07, 6.45) is 7.63. The van der Waals surface area contributed by atoms with Crippen molar-refractivity contribution in [2.24, 2.45) is 12.8 Å². The van der Waals surface area contributed by atoms with Crippen LogP contribution in [0.5, 0.6) is 0 Å². The van der Waals surface area contributed by atoms with Gasteiger partial charge in [0.15, 0.2) is 0 Å². The van der Waals surface area contributed by atoms with Gasteiger partial charge in [-0.2, -0.15) is 0 Å². The molecule has 19 heavy (non-hydrogen) atoms. The van der Waals surface area contributed by atoms with Gasteiger partial charge in [0.25, 0.3) is 0 Å². The smallest absolute Gasteiger partial charge is 0.112 e. The number of aryl methyl sites for hydroxylation is 1. The van der Waals surface area contributed by atoms with Crippen LogP contribution in [0, 0.1) is 0 Å². The predicted octanol–water partition coefficient (Wildman–Crippen LogP) is 3.12. The van der Waals surface area contributed by atoms with Gasteiger partial charge in [-0.1, -0.05) is 25.3 Å². The largest absolute Gasteiger partial charge is 0.331 e. The molecular formula is C16H23N3. The van der Waals surface area contributed by atoms with E-state index < -0.39 is 0 Å². The SMILES string of the molecule is Cn1c(C2CCCCC2)nc2cc(CCN)ccc21. The first kappa shape index (κ1) is 12.7. The number of rotatable bonds is 3. The van der Waals surface area contributed by atoms with Crippen molar-refractivity contribution in [2.75, 3.05) is 6.54 Å². The van der Waals surface area contributed by atoms with Crippen molar-refractivity contribution in [3.8, 4) is 0 Å². The molecule has 1 heterocycles. The van der Waals surface area contributed by atoms with Crippen LogP contribution >= 0.6 is 0 Å². The minimum Gasteiger partial charge on any atom is -0.331 e. The summed E-state index contributed by atoms with van der Waals surface area (Å²) in [5.74, 6) is 1.93. The van der Waals surface area contributed by atoms with Crippen molar-refractivity contribution in [1.29, 1.82) is 0 Å². The molecule has 0 spiro atoms. The van der Waals surface area contributed by atoms with Crippen LogP contribution in [0.25, 0.3) is 11.0 Å². The van der Waals surface area contributed by atoms with Crippen molar-refractivity contribution in [3.63, 3.8) is 0 Å². The Morgan fingerprint density at radius 3 is 2.79 bits per heavy atom. The summed E-state index contributed by atoms with van der Waals surface area (Å²) in [5, 5.41) is 0. The van der Waals surface area contributed by atoms with Crippen molar-refractivity contribution >= 4 is 11.0 Å². The standard InChI is InChI=1S/C16H23N3/c1-19-15-8-7-12(9-10-17)11-14(15)18-16(19)13-5-3-2-4-6-13/h7-8,11,13H,2-6,9-10,17H2,1H3. The highest BCUT2D eigenvalue weighted by atomic mass is 15.1. The lowest BCUT2D eigenvalue weighted by Crippen LogP contribution is -2.09. The van der Waals surface area contributed by atoms with Crippen LogP contribution in [0.4, 0.5) is 0 Å². The Bertz CT molecular complexity index is 565. The molecule has 0 saturated heterocycles. The van der Waals surface area contributed by atoms with Crippen LogP contribution < -0.4 is 5.73 Å². The molecule has 0 unspecified atom stereocenters. The lowest BCUT2D eigenvalue weighted by Gasteiger charge is -2.20. The zero-order chi connectivity index (χ0) is 13.2. The predicted molar refractivity (Wildman–Crippen MR) is 79.3 cm³/mol. The molecule has 3 rings (SSSR count). The monoisotopic (exact) mass is 257 g/mol. The first-order valence-corrected chi connectivity index (χ1v) is 7.45. The van der Waals surface area contributed by atoms with Crippen molar-refractivity contribution < 1.29 is 0 Å². The molecule has 0 amide bonds. The fraction of sp³-hybridized carbons (Fsp3) is 0.562. The molecule has 0 bridgehead atoms. The number of aromatic nitrogens is 2. The van der Waals surface area contributed by atoms with E-state index in [1.165, 1.54) is 49.0 Å². The van der Waals surface area contributed by atoms with E-state index in [0.717, 1.165) is 11.9 Å². The second-order valence-corrected chi connectivity index (χ2v) is 5.73. The highest BCUT2D eigenvalue weighted by molar-refractivity contribution is 5.77. The Labute approximate surface area is 114 Å². The molecule has 1 aliphatic rings. The van der Waals surface area contributed by atoms with Gasteiger partial charge in [-0.25, -0.2) is 4.98 Å². The lowest BCUT2D eigenvalue weighted by atomic mass is 9.89. The first-order chi connectivity index (χ1) is 9.29. The Hall–Kier alpha value is -1.35. The summed E-state index contributed by atoms with van der Waals surface area (Å²) in [4.78, 5) is 4.90. The summed E-state index contributed by atoms with van der Waals surface area (Å²) >= 11 is 0. The van der Waals surface area contributed by atoms with Gasteiger partial charge < -0.3 is 10.3 Å². The average Bonchev–Trinajstić information content (AvgIpc) is 2.77. The Balaban J connectivity index is 1.98. The van der Waals surface area contributed by atoms with E-state index in [4.69, 9.17) is 10.7 Å². The van der Waals surface area contributed by atoms with E-state index >= 15 is 0 Å². The third-order valence-corrected chi connectivity index (χ3v) is 4.38. The molecular weight excluding hydrogens is 234 g/mol. The van der Waals surface area contributed by atoms with E-state index in [9.17, 15) is 0 Å². The minimum absolute atomic E-state index is 0.657. The molecule has 1 aromatic carbocycles. The molecule has 102 valence electrons. The van der Waals surface area contributed by atoms with Gasteiger partial charge in [0.05, 0.1) is 11.0 Å². The third kappa shape index (κ3) is 2.39. The molecule has 1 fully saturated rings. The maximum Gasteiger partial charge on any atom is 0.112 e. The molecule has 0 atom stereocenters. The number of benzene rings is 1. The van der Waals surface area contributed by atoms with Gasteiger partial charge in [0.1, 0.15) is 5.82 Å². The van der Waals surface area contributed by atoms with Crippen LogP contribution in [0.15, 0.2) is 18.2 Å². The van der Waals surface area contributed by atoms with Gasteiger partial charge in [-0.3, -0.25) is 0 Å². The van der Waals surface area contributed by atoms with Crippen LogP contribution in [-0.4, -0.2) is 16.1 Å². The number of imidazole rings is 1. The lowest BCUT2D eigenvalue weighted by molar-refractivity contribution is 0.423. The molecule has 1 saturated carbocycles. The quantitative estimate of drug-likeness (QED) is 0.918. The van der Waals surface area contributed by atoms with Gasteiger partial charge in [-0.05, 0) is 43.5 Å². The number of hydrogen-bond donors (Lipinski definition) is 1. The summed E-state index contributed by atoms with van der Waals surface area (Å²) in [7, 11) is 2.15. The molecule has 1 aromatic heterocycles. The molecule has 2 aromatic rings. The fourth-order valence-electron chi connectivity index (χ4n) is 3.31. The first-order valence-electron chi connectivity index (χ1n) is 7.45. The van der Waals surface area contributed by atoms with E-state index in [2.05, 4.69) is 29.8 Å². The average molecular weight is 257 g/mol. The normalized spacial score (nSPS) is 17.2. The molecule has 0 aliphatic heterocycles. The molecule has 1 aliphatic carbocycles. The van der Waals surface area contributed by atoms with E-state index in [1.54, 1.807) is 0 Å². The third-order valence-electron chi connectivity index (χ3n) is 4.38. The van der Waals surface area contributed by atoms with Crippen LogP contribution in [0.1, 0.15) is 49.4 Å². The van der Waals surface area contributed by atoms with Gasteiger partial charge in [0, 0.05) is 13.0 Å². The Morgan fingerprint density at radius 2 is 2.05 bits per heavy atom. The zero-order valence-electron chi connectivity index (χ0n) is 11.7. The summed E-state index contributed by atoms with van der Waals surface area (Å²) in [5.41, 5.74) is 9.31. The number of hydrogen-bond acceptors (Lipinski definition) is 2. The van der Waals surface area contributed by atoms with E-state index in [-0.39, 0.29) is 0 Å². The fourth-order valence-corrected chi connectivity index (χ4v) is 3.31. The van der Waals surface area contributed by atoms with Gasteiger partial charge >= 0.3 is 0 Å². The highest BCUT2D eigenvalue weighted by Crippen LogP contribution is 2.33. The maximum atomic E-state index is 5.63. The number of nitrogens with zero attached hydrogens (tertiary/aromatic N) is 2. The minimum atomic E-state index is 0.657. The van der Waals surface area contributed by atoms with E-state index in [1.807, 2.05) is 0 Å². The summed E-state index contributed by atoms with van der Waals surface area (Å²) in [6, 6.07) is 6.58. The number of fused-ring (bicyclic) bond motifs is 1.